The number of rotatable bonds is 0. The van der Waals surface area contributed by atoms with E-state index in [0.29, 0.717) is 14.5 Å². The van der Waals surface area contributed by atoms with Gasteiger partial charge in [-0.3, -0.25) is 0 Å². The Balaban J connectivity index is 2.99. The van der Waals surface area contributed by atoms with E-state index >= 15 is 0 Å². The van der Waals surface area contributed by atoms with Gasteiger partial charge in [-0.25, -0.2) is 0 Å². The van der Waals surface area contributed by atoms with E-state index in [1.807, 2.05) is 0 Å². The van der Waals surface area contributed by atoms with Crippen molar-refractivity contribution in [2.24, 2.45) is 0 Å². The number of thiophene rings is 1. The predicted molar refractivity (Wildman–Crippen MR) is 46.5 cm³/mol. The Morgan fingerprint density at radius 3 is 3.11 bits per heavy atom. The molecule has 2 heterocycles. The zero-order valence-corrected chi connectivity index (χ0v) is 8.54. The molecule has 2 rings (SSSR count). The second-order valence-electron chi connectivity index (χ2n) is 1.73. The quantitative estimate of drug-likeness (QED) is 0.643. The fourth-order valence-electron chi connectivity index (χ4n) is 0.729. The molecule has 0 unspecified atom stereocenters. The predicted octanol–water partition coefficient (Wildman–Crippen LogP) is 2.72. The normalized spacial score (nSPS) is 10.8. The van der Waals surface area contributed by atoms with Gasteiger partial charge in [0.1, 0.15) is 0 Å². The molecule has 46 valence electrons. The second kappa shape index (κ2) is 2.24. The van der Waals surface area contributed by atoms with E-state index in [0.717, 1.165) is 0 Å². The third kappa shape index (κ3) is 0.926. The maximum atomic E-state index is 3.50. The Morgan fingerprint density at radius 2 is 2.33 bits per heavy atom. The molecule has 3 heteroatoms. The molecule has 0 nitrogen and oxygen atoms in total. The summed E-state index contributed by atoms with van der Waals surface area (Å²) in [5.41, 5.74) is 0. The standard InChI is InChI=1S/C6H3BrSSe/c7-5-3-9-6-2-8-1-4(5)6/h1-3H. The van der Waals surface area contributed by atoms with Gasteiger partial charge in [-0.05, 0) is 0 Å². The average molecular weight is 266 g/mol. The Kier molecular flexibility index (Phi) is 1.54. The van der Waals surface area contributed by atoms with Crippen LogP contribution in [-0.4, -0.2) is 14.5 Å². The van der Waals surface area contributed by atoms with E-state index in [9.17, 15) is 0 Å². The third-order valence-corrected chi connectivity index (χ3v) is 5.57. The Bertz CT molecular complexity index is 322. The van der Waals surface area contributed by atoms with Crippen molar-refractivity contribution in [3.8, 4) is 0 Å². The molecule has 2 aromatic rings. The molecule has 0 N–H and O–H groups in total. The molecule has 0 saturated carbocycles. The van der Waals surface area contributed by atoms with Gasteiger partial charge in [0.05, 0.1) is 0 Å². The molecule has 0 bridgehead atoms. The molecule has 0 aliphatic heterocycles. The molecule has 0 atom stereocenters. The summed E-state index contributed by atoms with van der Waals surface area (Å²) in [6.45, 7) is 0. The van der Waals surface area contributed by atoms with Gasteiger partial charge < -0.3 is 0 Å². The summed E-state index contributed by atoms with van der Waals surface area (Å²) >= 11 is 5.90. The van der Waals surface area contributed by atoms with E-state index in [4.69, 9.17) is 0 Å². The van der Waals surface area contributed by atoms with Crippen LogP contribution in [0.2, 0.25) is 0 Å². The number of fused-ring (bicyclic) bond motifs is 1. The van der Waals surface area contributed by atoms with Gasteiger partial charge in [-0.1, -0.05) is 0 Å². The summed E-state index contributed by atoms with van der Waals surface area (Å²) in [5.74, 6) is 0. The zero-order chi connectivity index (χ0) is 6.27. The van der Waals surface area contributed by atoms with Crippen LogP contribution in [0.3, 0.4) is 0 Å². The average Bonchev–Trinajstić information content (AvgIpc) is 2.35. The van der Waals surface area contributed by atoms with Gasteiger partial charge >= 0.3 is 71.6 Å². The van der Waals surface area contributed by atoms with Crippen LogP contribution in [0.4, 0.5) is 0 Å². The summed E-state index contributed by atoms with van der Waals surface area (Å²) < 4.78 is 2.82. The van der Waals surface area contributed by atoms with Gasteiger partial charge in [0.2, 0.25) is 0 Å². The molecule has 0 saturated heterocycles. The number of hydrogen-bond acceptors (Lipinski definition) is 1. The van der Waals surface area contributed by atoms with E-state index < -0.39 is 0 Å². The molecule has 2 aromatic heterocycles. The summed E-state index contributed by atoms with van der Waals surface area (Å²) in [4.78, 5) is 2.27. The van der Waals surface area contributed by atoms with Crippen LogP contribution in [0.15, 0.2) is 20.2 Å². The van der Waals surface area contributed by atoms with Crippen molar-refractivity contribution in [1.82, 2.24) is 0 Å². The van der Waals surface area contributed by atoms with Gasteiger partial charge in [0.15, 0.2) is 0 Å². The monoisotopic (exact) mass is 266 g/mol. The fraction of sp³-hybridized carbons (Fsp3) is 0. The van der Waals surface area contributed by atoms with Crippen molar-refractivity contribution in [2.75, 3.05) is 0 Å². The molecule has 0 aliphatic carbocycles. The van der Waals surface area contributed by atoms with Gasteiger partial charge in [-0.15, -0.1) is 0 Å². The van der Waals surface area contributed by atoms with Crippen LogP contribution < -0.4 is 0 Å². The molecule has 0 aliphatic rings. The summed E-state index contributed by atoms with van der Waals surface area (Å²) in [5, 5.41) is 5.85. The van der Waals surface area contributed by atoms with E-state index in [2.05, 4.69) is 31.6 Å². The fourth-order valence-corrected chi connectivity index (χ4v) is 4.99. The van der Waals surface area contributed by atoms with Crippen molar-refractivity contribution in [3.63, 3.8) is 0 Å². The van der Waals surface area contributed by atoms with Crippen LogP contribution in [0.1, 0.15) is 0 Å². The summed E-state index contributed by atoms with van der Waals surface area (Å²) in [6.07, 6.45) is 0. The molecular formula is C6H3BrSSe. The Labute approximate surface area is 71.4 Å². The zero-order valence-electron chi connectivity index (χ0n) is 4.43. The first-order valence-electron chi connectivity index (χ1n) is 2.47. The van der Waals surface area contributed by atoms with Gasteiger partial charge in [-0.2, -0.15) is 0 Å². The second-order valence-corrected chi connectivity index (χ2v) is 5.24. The third-order valence-electron chi connectivity index (χ3n) is 1.17. The summed E-state index contributed by atoms with van der Waals surface area (Å²) in [7, 11) is 0. The van der Waals surface area contributed by atoms with Gasteiger partial charge in [0, 0.05) is 0 Å². The molecule has 0 spiro atoms. The van der Waals surface area contributed by atoms with Crippen LogP contribution in [0, 0.1) is 0 Å². The van der Waals surface area contributed by atoms with E-state index in [-0.39, 0.29) is 0 Å². The Hall–Kier alpha value is 0.439. The van der Waals surface area contributed by atoms with E-state index in [1.165, 1.54) is 14.1 Å². The van der Waals surface area contributed by atoms with Crippen LogP contribution in [0.25, 0.3) is 9.65 Å². The van der Waals surface area contributed by atoms with Crippen LogP contribution in [0.5, 0.6) is 0 Å². The van der Waals surface area contributed by atoms with Crippen molar-refractivity contribution in [1.29, 1.82) is 0 Å². The van der Waals surface area contributed by atoms with Crippen molar-refractivity contribution >= 4 is 51.4 Å². The molecule has 0 amide bonds. The Morgan fingerprint density at radius 1 is 1.44 bits per heavy atom. The first-order chi connectivity index (χ1) is 4.38. The molecule has 9 heavy (non-hydrogen) atoms. The number of hydrogen-bond donors (Lipinski definition) is 0. The van der Waals surface area contributed by atoms with Crippen molar-refractivity contribution in [3.05, 3.63) is 20.2 Å². The summed E-state index contributed by atoms with van der Waals surface area (Å²) in [6, 6.07) is 0. The number of halogens is 1. The first-order valence-corrected chi connectivity index (χ1v) is 6.05. The maximum absolute atomic E-state index is 3.50. The van der Waals surface area contributed by atoms with Gasteiger partial charge in [0.25, 0.3) is 0 Å². The topological polar surface area (TPSA) is 0 Å². The van der Waals surface area contributed by atoms with Crippen molar-refractivity contribution < 1.29 is 0 Å². The molecular weight excluding hydrogens is 263 g/mol. The van der Waals surface area contributed by atoms with Crippen LogP contribution >= 0.6 is 27.3 Å². The SMILES string of the molecule is Brc1c[se]c2cscc12. The first kappa shape index (κ1) is 6.17. The minimum atomic E-state index is 0.605. The molecule has 0 radical (unpaired) electrons. The van der Waals surface area contributed by atoms with Crippen molar-refractivity contribution in [2.45, 2.75) is 0 Å². The molecule has 0 aromatic carbocycles. The molecule has 0 fully saturated rings. The van der Waals surface area contributed by atoms with E-state index in [1.54, 1.807) is 11.3 Å². The minimum absolute atomic E-state index is 0.605. The van der Waals surface area contributed by atoms with Crippen LogP contribution in [-0.2, 0) is 0 Å².